The van der Waals surface area contributed by atoms with Gasteiger partial charge in [-0.25, -0.2) is 4.79 Å². The van der Waals surface area contributed by atoms with E-state index in [0.717, 1.165) is 22.3 Å². The first kappa shape index (κ1) is 27.1. The highest BCUT2D eigenvalue weighted by Gasteiger charge is 2.37. The van der Waals surface area contributed by atoms with E-state index in [1.807, 2.05) is 89.8 Å². The summed E-state index contributed by atoms with van der Waals surface area (Å²) >= 11 is 0. The van der Waals surface area contributed by atoms with E-state index in [2.05, 4.69) is 0 Å². The first-order valence-electron chi connectivity index (χ1n) is 13.9. The van der Waals surface area contributed by atoms with Crippen molar-refractivity contribution in [2.45, 2.75) is 18.4 Å². The van der Waals surface area contributed by atoms with Crippen molar-refractivity contribution in [2.75, 3.05) is 27.4 Å². The number of hydrogen-bond donors (Lipinski definition) is 0. The topological polar surface area (TPSA) is 78.2 Å². The lowest BCUT2D eigenvalue weighted by Crippen LogP contribution is -2.45. The molecule has 0 aliphatic carbocycles. The molecule has 2 heterocycles. The van der Waals surface area contributed by atoms with E-state index in [0.29, 0.717) is 41.2 Å². The monoisotopic (exact) mass is 561 g/mol. The number of carbonyl (C=O) groups excluding carboxylic acids is 1. The summed E-state index contributed by atoms with van der Waals surface area (Å²) in [7, 11) is 3.21. The van der Waals surface area contributed by atoms with Gasteiger partial charge in [-0.3, -0.25) is 4.79 Å². The Morgan fingerprint density at radius 3 is 2.12 bits per heavy atom. The van der Waals surface area contributed by atoms with Gasteiger partial charge in [0.25, 0.3) is 0 Å². The second-order valence-corrected chi connectivity index (χ2v) is 10.2. The van der Waals surface area contributed by atoms with E-state index >= 15 is 0 Å². The predicted molar refractivity (Wildman–Crippen MR) is 160 cm³/mol. The number of fused-ring (bicyclic) bond motifs is 2. The molecule has 0 N–H and O–H groups in total. The Bertz CT molecular complexity index is 1730. The summed E-state index contributed by atoms with van der Waals surface area (Å²) in [5.74, 6) is 1.09. The highest BCUT2D eigenvalue weighted by atomic mass is 16.5. The highest BCUT2D eigenvalue weighted by molar-refractivity contribution is 5.88. The van der Waals surface area contributed by atoms with Gasteiger partial charge in [0.2, 0.25) is 5.91 Å². The maximum absolute atomic E-state index is 14.6. The number of methoxy groups -OCH3 is 2. The first-order valence-corrected chi connectivity index (χ1v) is 13.9. The van der Waals surface area contributed by atoms with Crippen molar-refractivity contribution in [1.29, 1.82) is 0 Å². The second-order valence-electron chi connectivity index (χ2n) is 10.2. The molecular weight excluding hydrogens is 530 g/mol. The fourth-order valence-corrected chi connectivity index (χ4v) is 5.78. The van der Waals surface area contributed by atoms with Crippen LogP contribution in [0, 0.1) is 0 Å². The zero-order valence-corrected chi connectivity index (χ0v) is 23.5. The fourth-order valence-electron chi connectivity index (χ4n) is 5.78. The Balaban J connectivity index is 1.43. The van der Waals surface area contributed by atoms with Gasteiger partial charge in [0.1, 0.15) is 17.9 Å². The van der Waals surface area contributed by atoms with Gasteiger partial charge in [-0.2, -0.15) is 0 Å². The van der Waals surface area contributed by atoms with Gasteiger partial charge < -0.3 is 23.5 Å². The molecule has 1 aliphatic heterocycles. The molecule has 1 atom stereocenters. The van der Waals surface area contributed by atoms with Crippen LogP contribution in [0.15, 0.2) is 112 Å². The molecule has 0 saturated carbocycles. The Morgan fingerprint density at radius 2 is 1.45 bits per heavy atom. The van der Waals surface area contributed by atoms with Crippen molar-refractivity contribution < 1.29 is 23.4 Å². The number of ether oxygens (including phenoxy) is 3. The van der Waals surface area contributed by atoms with Gasteiger partial charge >= 0.3 is 5.63 Å². The number of carbonyl (C=O) groups is 1. The van der Waals surface area contributed by atoms with Crippen LogP contribution < -0.4 is 19.8 Å². The van der Waals surface area contributed by atoms with Gasteiger partial charge in [-0.15, -0.1) is 0 Å². The quantitative estimate of drug-likeness (QED) is 0.212. The molecule has 0 spiro atoms. The standard InChI is InChI=1S/C35H31NO6/c1-39-31-19-25-17-18-36(35(38)34(23-11-5-3-6-12-23)24-13-7-4-8-14-24)28(27(25)20-32(31)40-2)22-41-30-21-33(37)42-29-16-10-9-15-26(29)30/h3-16,19-21,28,34H,17-18,22H2,1-2H3. The smallest absolute Gasteiger partial charge is 0.339 e. The molecule has 1 aliphatic rings. The zero-order chi connectivity index (χ0) is 29.1. The molecule has 0 fully saturated rings. The molecule has 42 heavy (non-hydrogen) atoms. The van der Waals surface area contributed by atoms with Gasteiger partial charge in [-0.05, 0) is 52.9 Å². The molecule has 1 amide bonds. The van der Waals surface area contributed by atoms with E-state index in [1.165, 1.54) is 6.07 Å². The van der Waals surface area contributed by atoms with E-state index < -0.39 is 17.6 Å². The lowest BCUT2D eigenvalue weighted by molar-refractivity contribution is -0.135. The third-order valence-electron chi connectivity index (χ3n) is 7.81. The zero-order valence-electron chi connectivity index (χ0n) is 23.5. The van der Waals surface area contributed by atoms with Crippen LogP contribution in [0.4, 0.5) is 0 Å². The average molecular weight is 562 g/mol. The second kappa shape index (κ2) is 11.8. The molecule has 6 rings (SSSR count). The van der Waals surface area contributed by atoms with Crippen LogP contribution in [0.25, 0.3) is 11.0 Å². The first-order chi connectivity index (χ1) is 20.6. The van der Waals surface area contributed by atoms with Gasteiger partial charge in [-0.1, -0.05) is 72.8 Å². The molecule has 0 saturated heterocycles. The largest absolute Gasteiger partial charge is 0.493 e. The molecule has 5 aromatic rings. The van der Waals surface area contributed by atoms with Crippen LogP contribution in [-0.2, 0) is 11.2 Å². The number of benzene rings is 4. The molecule has 0 bridgehead atoms. The van der Waals surface area contributed by atoms with Crippen LogP contribution in [0.5, 0.6) is 17.2 Å². The number of rotatable bonds is 8. The predicted octanol–water partition coefficient (Wildman–Crippen LogP) is 6.15. The van der Waals surface area contributed by atoms with E-state index in [9.17, 15) is 9.59 Å². The fraction of sp³-hybridized carbons (Fsp3) is 0.200. The maximum Gasteiger partial charge on any atom is 0.339 e. The number of nitrogens with zero attached hydrogens (tertiary/aromatic N) is 1. The van der Waals surface area contributed by atoms with Crippen LogP contribution in [0.3, 0.4) is 0 Å². The SMILES string of the molecule is COc1cc2c(cc1OC)C(COc1cc(=O)oc3ccccc13)N(C(=O)C(c1ccccc1)c1ccccc1)CC2. The molecule has 7 nitrogen and oxygen atoms in total. The minimum absolute atomic E-state index is 0.0288. The Kier molecular flexibility index (Phi) is 7.64. The Hall–Kier alpha value is -5.04. The van der Waals surface area contributed by atoms with E-state index in [1.54, 1.807) is 26.4 Å². The molecule has 7 heteroatoms. The van der Waals surface area contributed by atoms with Crippen LogP contribution in [0.1, 0.15) is 34.2 Å². The highest BCUT2D eigenvalue weighted by Crippen LogP contribution is 2.40. The van der Waals surface area contributed by atoms with Crippen LogP contribution in [0.2, 0.25) is 0 Å². The van der Waals surface area contributed by atoms with E-state index in [-0.39, 0.29) is 12.5 Å². The van der Waals surface area contributed by atoms with Gasteiger partial charge in [0, 0.05) is 6.54 Å². The van der Waals surface area contributed by atoms with Gasteiger partial charge in [0.05, 0.1) is 37.6 Å². The summed E-state index contributed by atoms with van der Waals surface area (Å²) in [6, 6.07) is 31.7. The molecule has 212 valence electrons. The van der Waals surface area contributed by atoms with Crippen molar-refractivity contribution in [3.8, 4) is 17.2 Å². The third kappa shape index (κ3) is 5.21. The minimum atomic E-state index is -0.500. The summed E-state index contributed by atoms with van der Waals surface area (Å²) in [5.41, 5.74) is 3.74. The summed E-state index contributed by atoms with van der Waals surface area (Å²) < 4.78 is 23.0. The number of amides is 1. The molecule has 1 unspecified atom stereocenters. The minimum Gasteiger partial charge on any atom is -0.493 e. The Morgan fingerprint density at radius 1 is 0.833 bits per heavy atom. The molecule has 4 aromatic carbocycles. The maximum atomic E-state index is 14.6. The lowest BCUT2D eigenvalue weighted by Gasteiger charge is -2.39. The van der Waals surface area contributed by atoms with Crippen LogP contribution in [-0.4, -0.2) is 38.2 Å². The van der Waals surface area contributed by atoms with Crippen molar-refractivity contribution in [3.05, 3.63) is 136 Å². The number of hydrogen-bond acceptors (Lipinski definition) is 6. The van der Waals surface area contributed by atoms with Crippen molar-refractivity contribution in [1.82, 2.24) is 4.90 Å². The third-order valence-corrected chi connectivity index (χ3v) is 7.81. The molecule has 1 aromatic heterocycles. The summed E-state index contributed by atoms with van der Waals surface area (Å²) in [5, 5.41) is 0.685. The summed E-state index contributed by atoms with van der Waals surface area (Å²) in [6.07, 6.45) is 0.645. The van der Waals surface area contributed by atoms with Crippen molar-refractivity contribution in [2.24, 2.45) is 0 Å². The summed E-state index contributed by atoms with van der Waals surface area (Å²) in [4.78, 5) is 28.9. The van der Waals surface area contributed by atoms with E-state index in [4.69, 9.17) is 18.6 Å². The van der Waals surface area contributed by atoms with Crippen molar-refractivity contribution in [3.63, 3.8) is 0 Å². The lowest BCUT2D eigenvalue weighted by atomic mass is 9.86. The molecule has 0 radical (unpaired) electrons. The van der Waals surface area contributed by atoms with Gasteiger partial charge in [0.15, 0.2) is 11.5 Å². The summed E-state index contributed by atoms with van der Waals surface area (Å²) in [6.45, 7) is 0.612. The van der Waals surface area contributed by atoms with Crippen molar-refractivity contribution >= 4 is 16.9 Å². The molecular formula is C35H31NO6. The normalized spacial score (nSPS) is 14.5. The van der Waals surface area contributed by atoms with Crippen LogP contribution >= 0.6 is 0 Å². The average Bonchev–Trinajstić information content (AvgIpc) is 3.03. The Labute approximate surface area is 243 Å². The number of para-hydroxylation sites is 1.